The van der Waals surface area contributed by atoms with Gasteiger partial charge in [0, 0.05) is 0 Å². The average molecular weight is 289 g/mol. The van der Waals surface area contributed by atoms with E-state index < -0.39 is 5.97 Å². The molecule has 0 bridgehead atoms. The Morgan fingerprint density at radius 3 is 3.10 bits per heavy atom. The Hall–Kier alpha value is -3.10. The normalized spacial score (nSPS) is 10.9. The van der Waals surface area contributed by atoms with E-state index in [1.807, 2.05) is 0 Å². The molecule has 3 aromatic rings. The van der Waals surface area contributed by atoms with Crippen LogP contribution >= 0.6 is 0 Å². The number of hydrogen-bond donors (Lipinski definition) is 2. The van der Waals surface area contributed by atoms with Gasteiger partial charge in [0.2, 0.25) is 11.7 Å². The first kappa shape index (κ1) is 12.9. The minimum Gasteiger partial charge on any atom is -0.463 e. The maximum atomic E-state index is 12.3. The fraction of sp³-hybridized carbons (Fsp3) is 0.167. The molecule has 0 unspecified atom stereocenters. The summed E-state index contributed by atoms with van der Waals surface area (Å²) in [6.07, 6.45) is 1.37. The number of carbonyl (C=O) groups excluding carboxylic acids is 1. The lowest BCUT2D eigenvalue weighted by Gasteiger charge is -2.06. The van der Waals surface area contributed by atoms with Crippen molar-refractivity contribution < 1.29 is 13.9 Å². The lowest BCUT2D eigenvalue weighted by molar-refractivity contribution is 0.0563. The zero-order valence-corrected chi connectivity index (χ0v) is 11.0. The Balaban J connectivity index is 2.00. The Morgan fingerprint density at radius 2 is 2.33 bits per heavy atom. The van der Waals surface area contributed by atoms with E-state index in [9.17, 15) is 9.59 Å². The lowest BCUT2D eigenvalue weighted by Crippen LogP contribution is -2.25. The molecule has 0 aliphatic heterocycles. The molecule has 21 heavy (non-hydrogen) atoms. The summed E-state index contributed by atoms with van der Waals surface area (Å²) in [6, 6.07) is 3.03. The highest BCUT2D eigenvalue weighted by molar-refractivity contribution is 5.86. The molecule has 0 saturated carbocycles. The molecule has 0 spiro atoms. The van der Waals surface area contributed by atoms with E-state index in [-0.39, 0.29) is 35.0 Å². The zero-order valence-electron chi connectivity index (χ0n) is 11.0. The van der Waals surface area contributed by atoms with Crippen LogP contribution in [0.4, 0.5) is 5.95 Å². The van der Waals surface area contributed by atoms with Gasteiger partial charge in [0.25, 0.3) is 5.56 Å². The summed E-state index contributed by atoms with van der Waals surface area (Å²) in [5, 5.41) is 0. The number of furan rings is 1. The molecule has 3 aromatic heterocycles. The Labute approximate surface area is 117 Å². The van der Waals surface area contributed by atoms with Crippen LogP contribution in [0.5, 0.6) is 0 Å². The monoisotopic (exact) mass is 289 g/mol. The van der Waals surface area contributed by atoms with E-state index in [2.05, 4.69) is 19.7 Å². The number of esters is 1. The summed E-state index contributed by atoms with van der Waals surface area (Å²) in [6.45, 7) is 0.0453. The summed E-state index contributed by atoms with van der Waals surface area (Å²) in [7, 11) is 1.25. The third-order valence-electron chi connectivity index (χ3n) is 2.94. The molecular weight excluding hydrogens is 278 g/mol. The Bertz CT molecular complexity index is 875. The minimum atomic E-state index is -0.594. The maximum Gasteiger partial charge on any atom is 0.373 e. The van der Waals surface area contributed by atoms with E-state index in [1.54, 1.807) is 6.07 Å². The number of imidazole rings is 1. The van der Waals surface area contributed by atoms with Crippen molar-refractivity contribution in [1.29, 1.82) is 0 Å². The number of rotatable bonds is 3. The fourth-order valence-corrected chi connectivity index (χ4v) is 1.92. The Kier molecular flexibility index (Phi) is 2.94. The number of nitrogens with zero attached hydrogens (tertiary/aromatic N) is 3. The number of H-pyrrole nitrogens is 1. The number of carbonyl (C=O) groups is 1. The van der Waals surface area contributed by atoms with Gasteiger partial charge in [0.15, 0.2) is 11.2 Å². The van der Waals surface area contributed by atoms with Gasteiger partial charge in [-0.25, -0.2) is 9.78 Å². The average Bonchev–Trinajstić information content (AvgIpc) is 3.11. The first-order valence-corrected chi connectivity index (χ1v) is 5.96. The standard InChI is InChI=1S/C12H11N5O4/c1-20-11(19)7-3-2-6(21-7)4-17-10(18)8-9(15-5-14-8)16-12(17)13/h2-3,5H,4H2,1H3,(H2,13,16)(H,14,15). The first-order valence-electron chi connectivity index (χ1n) is 5.96. The van der Waals surface area contributed by atoms with Crippen molar-refractivity contribution in [2.45, 2.75) is 6.54 Å². The van der Waals surface area contributed by atoms with Crippen LogP contribution < -0.4 is 11.3 Å². The van der Waals surface area contributed by atoms with Crippen molar-refractivity contribution in [2.75, 3.05) is 12.8 Å². The number of fused-ring (bicyclic) bond motifs is 1. The number of ether oxygens (including phenoxy) is 1. The van der Waals surface area contributed by atoms with E-state index >= 15 is 0 Å². The van der Waals surface area contributed by atoms with E-state index in [1.165, 1.54) is 24.1 Å². The van der Waals surface area contributed by atoms with Crippen molar-refractivity contribution in [3.05, 3.63) is 40.3 Å². The number of nitrogen functional groups attached to an aromatic ring is 1. The molecule has 0 fully saturated rings. The van der Waals surface area contributed by atoms with Gasteiger partial charge in [0.1, 0.15) is 5.76 Å². The summed E-state index contributed by atoms with van der Waals surface area (Å²) in [4.78, 5) is 34.2. The van der Waals surface area contributed by atoms with Crippen LogP contribution in [-0.4, -0.2) is 32.6 Å². The third kappa shape index (κ3) is 2.14. The quantitative estimate of drug-likeness (QED) is 0.655. The predicted octanol–water partition coefficient (Wildman–Crippen LogP) is 0.130. The number of anilines is 1. The lowest BCUT2D eigenvalue weighted by atomic mass is 10.4. The molecule has 9 nitrogen and oxygen atoms in total. The number of hydrogen-bond acceptors (Lipinski definition) is 7. The predicted molar refractivity (Wildman–Crippen MR) is 71.7 cm³/mol. The van der Waals surface area contributed by atoms with Crippen molar-refractivity contribution in [1.82, 2.24) is 19.5 Å². The van der Waals surface area contributed by atoms with Gasteiger partial charge >= 0.3 is 5.97 Å². The number of nitrogens with two attached hydrogens (primary N) is 1. The second kappa shape index (κ2) is 4.78. The second-order valence-corrected chi connectivity index (χ2v) is 4.22. The van der Waals surface area contributed by atoms with Gasteiger partial charge in [-0.1, -0.05) is 0 Å². The Morgan fingerprint density at radius 1 is 1.52 bits per heavy atom. The van der Waals surface area contributed by atoms with Crippen LogP contribution in [0.25, 0.3) is 11.2 Å². The van der Waals surface area contributed by atoms with Gasteiger partial charge in [-0.05, 0) is 12.1 Å². The molecule has 0 amide bonds. The van der Waals surface area contributed by atoms with Gasteiger partial charge in [-0.3, -0.25) is 9.36 Å². The molecule has 108 valence electrons. The van der Waals surface area contributed by atoms with E-state index in [0.717, 1.165) is 0 Å². The molecular formula is C12H11N5O4. The molecule has 3 N–H and O–H groups in total. The highest BCUT2D eigenvalue weighted by atomic mass is 16.5. The van der Waals surface area contributed by atoms with Gasteiger partial charge in [0.05, 0.1) is 20.0 Å². The minimum absolute atomic E-state index is 0.00983. The number of nitrogens with one attached hydrogen (secondary N) is 1. The zero-order chi connectivity index (χ0) is 15.0. The highest BCUT2D eigenvalue weighted by Gasteiger charge is 2.15. The molecule has 0 saturated heterocycles. The smallest absolute Gasteiger partial charge is 0.373 e. The summed E-state index contributed by atoms with van der Waals surface area (Å²) in [5.41, 5.74) is 5.89. The van der Waals surface area contributed by atoms with Gasteiger partial charge < -0.3 is 19.9 Å². The van der Waals surface area contributed by atoms with Crippen LogP contribution in [0.1, 0.15) is 16.3 Å². The number of aromatic amines is 1. The summed E-state index contributed by atoms with van der Waals surface area (Å²) >= 11 is 0. The van der Waals surface area contributed by atoms with Crippen molar-refractivity contribution in [3.63, 3.8) is 0 Å². The molecule has 9 heteroatoms. The van der Waals surface area contributed by atoms with Crippen molar-refractivity contribution in [3.8, 4) is 0 Å². The molecule has 0 atom stereocenters. The molecule has 0 aromatic carbocycles. The van der Waals surface area contributed by atoms with Crippen LogP contribution in [0.3, 0.4) is 0 Å². The van der Waals surface area contributed by atoms with E-state index in [0.29, 0.717) is 5.76 Å². The molecule has 3 heterocycles. The van der Waals surface area contributed by atoms with Gasteiger partial charge in [-0.2, -0.15) is 4.98 Å². The highest BCUT2D eigenvalue weighted by Crippen LogP contribution is 2.12. The molecule has 0 radical (unpaired) electrons. The molecule has 0 aliphatic carbocycles. The van der Waals surface area contributed by atoms with Crippen LogP contribution in [0.2, 0.25) is 0 Å². The first-order chi connectivity index (χ1) is 10.1. The third-order valence-corrected chi connectivity index (χ3v) is 2.94. The fourth-order valence-electron chi connectivity index (χ4n) is 1.92. The summed E-state index contributed by atoms with van der Waals surface area (Å²) in [5.74, 6) is -0.154. The summed E-state index contributed by atoms with van der Waals surface area (Å²) < 4.78 is 11.1. The number of aromatic nitrogens is 4. The number of methoxy groups -OCH3 is 1. The molecule has 3 rings (SSSR count). The largest absolute Gasteiger partial charge is 0.463 e. The van der Waals surface area contributed by atoms with Crippen molar-refractivity contribution >= 4 is 23.1 Å². The van der Waals surface area contributed by atoms with Crippen LogP contribution in [0.15, 0.2) is 27.7 Å². The topological polar surface area (TPSA) is 129 Å². The van der Waals surface area contributed by atoms with Crippen LogP contribution in [-0.2, 0) is 11.3 Å². The van der Waals surface area contributed by atoms with Crippen LogP contribution in [0, 0.1) is 0 Å². The molecule has 0 aliphatic rings. The second-order valence-electron chi connectivity index (χ2n) is 4.22. The van der Waals surface area contributed by atoms with Gasteiger partial charge in [-0.15, -0.1) is 0 Å². The SMILES string of the molecule is COC(=O)c1ccc(Cn2c(N)nc3nc[nH]c3c2=O)o1. The van der Waals surface area contributed by atoms with Crippen molar-refractivity contribution in [2.24, 2.45) is 0 Å². The van der Waals surface area contributed by atoms with E-state index in [4.69, 9.17) is 10.2 Å². The maximum absolute atomic E-state index is 12.3.